The molecule has 0 radical (unpaired) electrons. The van der Waals surface area contributed by atoms with Crippen LogP contribution in [0.3, 0.4) is 0 Å². The number of benzene rings is 5. The van der Waals surface area contributed by atoms with Crippen LogP contribution in [-0.4, -0.2) is 43.7 Å². The number of fused-ring (bicyclic) bond motifs is 3. The number of Topliss-reactive ketones (excluding diaryl/α,β-unsaturated/α-hetero) is 1. The molecule has 5 aromatic carbocycles. The maximum atomic E-state index is 12.9. The summed E-state index contributed by atoms with van der Waals surface area (Å²) >= 11 is 5.78. The molecule has 1 heterocycles. The fourth-order valence-electron chi connectivity index (χ4n) is 5.57. The molecule has 242 valence electrons. The Morgan fingerprint density at radius 1 is 0.766 bits per heavy atom. The van der Waals surface area contributed by atoms with E-state index < -0.39 is 15.2 Å². The lowest BCUT2D eigenvalue weighted by molar-refractivity contribution is 0.0990. The van der Waals surface area contributed by atoms with Crippen LogP contribution in [0.4, 0.5) is 5.69 Å². The summed E-state index contributed by atoms with van der Waals surface area (Å²) in [6.07, 6.45) is 0. The minimum atomic E-state index is -3.74. The van der Waals surface area contributed by atoms with Crippen molar-refractivity contribution in [3.05, 3.63) is 144 Å². The van der Waals surface area contributed by atoms with Gasteiger partial charge in [-0.1, -0.05) is 78.9 Å². The standard InChI is InChI=1S/C37H34ClN3O4S.ClH/c38-27-46(43,44)41(26-29-11-5-2-6-12-29)31-17-15-30(16-18-31)37(42)24-39-21-22-45-32-19-20-34-33-13-7-8-14-35(33)40(36(34)23-32)25-28-9-3-1-4-10-28;/h1-20,23,39H,21-22,24-27H2;1H. The average Bonchev–Trinajstić information content (AvgIpc) is 3.40. The van der Waals surface area contributed by atoms with E-state index in [-0.39, 0.29) is 31.3 Å². The van der Waals surface area contributed by atoms with Crippen LogP contribution in [0, 0.1) is 0 Å². The predicted molar refractivity (Wildman–Crippen MR) is 194 cm³/mol. The number of carbonyl (C=O) groups is 1. The van der Waals surface area contributed by atoms with Crippen LogP contribution in [-0.2, 0) is 23.1 Å². The fourth-order valence-corrected chi connectivity index (χ4v) is 6.83. The normalized spacial score (nSPS) is 11.3. The van der Waals surface area contributed by atoms with Gasteiger partial charge < -0.3 is 14.6 Å². The van der Waals surface area contributed by atoms with E-state index in [0.29, 0.717) is 24.4 Å². The van der Waals surface area contributed by atoms with Gasteiger partial charge in [0, 0.05) is 41.0 Å². The molecule has 0 unspecified atom stereocenters. The largest absolute Gasteiger partial charge is 0.492 e. The Hall–Kier alpha value is -4.34. The molecule has 6 rings (SSSR count). The van der Waals surface area contributed by atoms with Crippen molar-refractivity contribution in [1.29, 1.82) is 0 Å². The van der Waals surface area contributed by atoms with E-state index in [1.165, 1.54) is 26.2 Å². The predicted octanol–water partition coefficient (Wildman–Crippen LogP) is 7.65. The Kier molecular flexibility index (Phi) is 11.2. The molecule has 6 aromatic rings. The Labute approximate surface area is 286 Å². The number of para-hydroxylation sites is 1. The lowest BCUT2D eigenvalue weighted by Crippen LogP contribution is -2.31. The molecule has 1 aromatic heterocycles. The number of aromatic nitrogens is 1. The van der Waals surface area contributed by atoms with Crippen LogP contribution in [0.15, 0.2) is 127 Å². The molecule has 47 heavy (non-hydrogen) atoms. The molecule has 0 saturated heterocycles. The Morgan fingerprint density at radius 2 is 1.40 bits per heavy atom. The number of nitrogens with zero attached hydrogens (tertiary/aromatic N) is 2. The monoisotopic (exact) mass is 687 g/mol. The van der Waals surface area contributed by atoms with Crippen LogP contribution in [0.5, 0.6) is 5.75 Å². The second kappa shape index (κ2) is 15.5. The van der Waals surface area contributed by atoms with Crippen molar-refractivity contribution in [2.75, 3.05) is 29.2 Å². The molecule has 0 bridgehead atoms. The second-order valence-corrected chi connectivity index (χ2v) is 13.5. The highest BCUT2D eigenvalue weighted by molar-refractivity contribution is 7.93. The lowest BCUT2D eigenvalue weighted by atomic mass is 10.1. The number of anilines is 1. The molecule has 10 heteroatoms. The van der Waals surface area contributed by atoms with Gasteiger partial charge in [0.05, 0.1) is 24.3 Å². The highest BCUT2D eigenvalue weighted by Crippen LogP contribution is 2.32. The number of sulfonamides is 1. The molecular formula is C37H35Cl2N3O4S. The number of alkyl halides is 1. The van der Waals surface area contributed by atoms with Gasteiger partial charge in [0.25, 0.3) is 0 Å². The average molecular weight is 689 g/mol. The number of hydrogen-bond donors (Lipinski definition) is 1. The third-order valence-electron chi connectivity index (χ3n) is 7.88. The number of carbonyl (C=O) groups excluding carboxylic acids is 1. The number of nitrogens with one attached hydrogen (secondary N) is 1. The van der Waals surface area contributed by atoms with Gasteiger partial charge in [-0.05, 0) is 53.6 Å². The van der Waals surface area contributed by atoms with Crippen LogP contribution >= 0.6 is 24.0 Å². The van der Waals surface area contributed by atoms with Gasteiger partial charge in [0.1, 0.15) is 17.6 Å². The van der Waals surface area contributed by atoms with Gasteiger partial charge in [-0.2, -0.15) is 0 Å². The summed E-state index contributed by atoms with van der Waals surface area (Å²) < 4.78 is 35.1. The van der Waals surface area contributed by atoms with E-state index in [1.54, 1.807) is 24.3 Å². The topological polar surface area (TPSA) is 80.6 Å². The molecule has 1 N–H and O–H groups in total. The molecular weight excluding hydrogens is 653 g/mol. The van der Waals surface area contributed by atoms with Crippen LogP contribution in [0.25, 0.3) is 21.8 Å². The number of ketones is 1. The molecule has 0 amide bonds. The molecule has 0 aliphatic carbocycles. The zero-order valence-corrected chi connectivity index (χ0v) is 28.0. The van der Waals surface area contributed by atoms with Crippen LogP contribution in [0.1, 0.15) is 21.5 Å². The minimum Gasteiger partial charge on any atom is -0.492 e. The number of halogens is 2. The maximum Gasteiger partial charge on any atom is 0.249 e. The number of rotatable bonds is 14. The highest BCUT2D eigenvalue weighted by Gasteiger charge is 2.22. The Bertz CT molecular complexity index is 2050. The highest BCUT2D eigenvalue weighted by atomic mass is 35.5. The summed E-state index contributed by atoms with van der Waals surface area (Å²) in [5.41, 5.74) is 5.27. The Balaban J connectivity index is 0.00000433. The van der Waals surface area contributed by atoms with E-state index in [9.17, 15) is 13.2 Å². The van der Waals surface area contributed by atoms with Gasteiger partial charge in [-0.3, -0.25) is 9.10 Å². The summed E-state index contributed by atoms with van der Waals surface area (Å²) in [6.45, 7) is 1.90. The van der Waals surface area contributed by atoms with Crippen LogP contribution in [0.2, 0.25) is 0 Å². The zero-order valence-electron chi connectivity index (χ0n) is 25.6. The molecule has 0 fully saturated rings. The van der Waals surface area contributed by atoms with E-state index in [1.807, 2.05) is 42.5 Å². The second-order valence-electron chi connectivity index (χ2n) is 11.0. The third kappa shape index (κ3) is 7.97. The molecule has 0 spiro atoms. The molecule has 0 aliphatic heterocycles. The fraction of sp³-hybridized carbons (Fsp3) is 0.162. The van der Waals surface area contributed by atoms with Crippen molar-refractivity contribution in [3.63, 3.8) is 0 Å². The molecule has 7 nitrogen and oxygen atoms in total. The van der Waals surface area contributed by atoms with Crippen molar-refractivity contribution in [3.8, 4) is 5.75 Å². The summed E-state index contributed by atoms with van der Waals surface area (Å²) in [7, 11) is -3.74. The van der Waals surface area contributed by atoms with Gasteiger partial charge in [0.2, 0.25) is 10.0 Å². The first kappa shape index (κ1) is 34.0. The molecule has 0 aliphatic rings. The maximum absolute atomic E-state index is 12.9. The van der Waals surface area contributed by atoms with E-state index in [0.717, 1.165) is 23.4 Å². The SMILES string of the molecule is Cl.O=C(CNCCOc1ccc2c3ccccc3n(Cc3ccccc3)c2c1)c1ccc(N(Cc2ccccc2)S(=O)(=O)CCl)cc1. The third-order valence-corrected chi connectivity index (χ3v) is 10.00. The number of hydrogen-bond acceptors (Lipinski definition) is 5. The summed E-state index contributed by atoms with van der Waals surface area (Å²) in [5, 5.41) is 5.00. The van der Waals surface area contributed by atoms with Gasteiger partial charge in [-0.25, -0.2) is 8.42 Å². The first-order valence-electron chi connectivity index (χ1n) is 15.0. The first-order chi connectivity index (χ1) is 22.4. The van der Waals surface area contributed by atoms with E-state index in [2.05, 4.69) is 70.5 Å². The van der Waals surface area contributed by atoms with Crippen molar-refractivity contribution in [1.82, 2.24) is 9.88 Å². The quantitative estimate of drug-likeness (QED) is 0.0723. The summed E-state index contributed by atoms with van der Waals surface area (Å²) in [6, 6.07) is 40.8. The van der Waals surface area contributed by atoms with Crippen molar-refractivity contribution < 1.29 is 17.9 Å². The van der Waals surface area contributed by atoms with Crippen molar-refractivity contribution in [2.45, 2.75) is 13.1 Å². The van der Waals surface area contributed by atoms with Gasteiger partial charge in [-0.15, -0.1) is 24.0 Å². The summed E-state index contributed by atoms with van der Waals surface area (Å²) in [4.78, 5) is 12.9. The van der Waals surface area contributed by atoms with E-state index >= 15 is 0 Å². The Morgan fingerprint density at radius 3 is 2.11 bits per heavy atom. The van der Waals surface area contributed by atoms with E-state index in [4.69, 9.17) is 16.3 Å². The van der Waals surface area contributed by atoms with Crippen molar-refractivity contribution >= 4 is 67.3 Å². The summed E-state index contributed by atoms with van der Waals surface area (Å²) in [5.74, 6) is 0.661. The molecule has 0 saturated carbocycles. The smallest absolute Gasteiger partial charge is 0.249 e. The number of ether oxygens (including phenoxy) is 1. The lowest BCUT2D eigenvalue weighted by Gasteiger charge is -2.23. The minimum absolute atomic E-state index is 0. The van der Waals surface area contributed by atoms with Gasteiger partial charge >= 0.3 is 0 Å². The first-order valence-corrected chi connectivity index (χ1v) is 17.2. The zero-order chi connectivity index (χ0) is 31.9. The van der Waals surface area contributed by atoms with Gasteiger partial charge in [0.15, 0.2) is 5.78 Å². The molecule has 0 atom stereocenters. The van der Waals surface area contributed by atoms with Crippen molar-refractivity contribution in [2.24, 2.45) is 0 Å². The van der Waals surface area contributed by atoms with Crippen LogP contribution < -0.4 is 14.4 Å².